The zero-order valence-corrected chi connectivity index (χ0v) is 11.6. The topological polar surface area (TPSA) is 49.3 Å². The summed E-state index contributed by atoms with van der Waals surface area (Å²) in [5, 5.41) is 12.3. The van der Waals surface area contributed by atoms with Crippen molar-refractivity contribution in [3.05, 3.63) is 0 Å². The normalized spacial score (nSPS) is 13.2. The molecule has 0 aromatic rings. The fourth-order valence-electron chi connectivity index (χ4n) is 1.12. The van der Waals surface area contributed by atoms with Gasteiger partial charge in [-0.1, -0.05) is 27.7 Å². The van der Waals surface area contributed by atoms with E-state index < -0.39 is 11.4 Å². The van der Waals surface area contributed by atoms with Gasteiger partial charge in [0.1, 0.15) is 0 Å². The number of nitrogens with one attached hydrogen (secondary N) is 1. The van der Waals surface area contributed by atoms with E-state index in [2.05, 4.69) is 33.0 Å². The van der Waals surface area contributed by atoms with Crippen LogP contribution in [0.1, 0.15) is 48.0 Å². The highest BCUT2D eigenvalue weighted by Gasteiger charge is 2.27. The Hall–Kier alpha value is -0.570. The molecule has 16 heavy (non-hydrogen) atoms. The van der Waals surface area contributed by atoms with Gasteiger partial charge in [-0.3, -0.25) is 4.79 Å². The molecule has 0 rings (SSSR count). The fourth-order valence-corrected chi connectivity index (χ4v) is 1.12. The molecule has 0 aromatic carbocycles. The van der Waals surface area contributed by atoms with Gasteiger partial charge in [0.05, 0.1) is 5.41 Å². The average Bonchev–Trinajstić information content (AvgIpc) is 2.12. The molecule has 3 nitrogen and oxygen atoms in total. The largest absolute Gasteiger partial charge is 0.481 e. The summed E-state index contributed by atoms with van der Waals surface area (Å²) in [5.74, 6) is -0.107. The number of carbonyl (C=O) groups is 1. The third-order valence-corrected chi connectivity index (χ3v) is 3.65. The van der Waals surface area contributed by atoms with Gasteiger partial charge in [-0.2, -0.15) is 0 Å². The molecule has 0 saturated heterocycles. The fraction of sp³-hybridized carbons (Fsp3) is 0.923. The number of aliphatic carboxylic acids is 1. The maximum Gasteiger partial charge on any atom is 0.309 e. The summed E-state index contributed by atoms with van der Waals surface area (Å²) in [6, 6.07) is 0. The van der Waals surface area contributed by atoms with Gasteiger partial charge in [-0.05, 0) is 38.1 Å². The van der Waals surface area contributed by atoms with Crippen molar-refractivity contribution < 1.29 is 9.90 Å². The summed E-state index contributed by atoms with van der Waals surface area (Å²) in [5.41, 5.74) is -0.373. The lowest BCUT2D eigenvalue weighted by atomic mass is 9.81. The summed E-state index contributed by atoms with van der Waals surface area (Å²) < 4.78 is 0. The van der Waals surface area contributed by atoms with Crippen LogP contribution in [0.3, 0.4) is 0 Å². The van der Waals surface area contributed by atoms with E-state index in [-0.39, 0.29) is 5.41 Å². The van der Waals surface area contributed by atoms with Gasteiger partial charge in [0.15, 0.2) is 0 Å². The standard InChI is InChI=1S/C13H27NO2/c1-10(2)13(5,6)9-14-8-7-12(3,4)11(15)16/h10,14H,7-9H2,1-6H3,(H,15,16). The number of carboxylic acid groups (broad SMARTS) is 1. The van der Waals surface area contributed by atoms with Crippen LogP contribution in [-0.2, 0) is 4.79 Å². The average molecular weight is 229 g/mol. The molecule has 0 radical (unpaired) electrons. The molecule has 3 heteroatoms. The van der Waals surface area contributed by atoms with Crippen LogP contribution in [0.2, 0.25) is 0 Å². The van der Waals surface area contributed by atoms with Crippen molar-refractivity contribution in [3.63, 3.8) is 0 Å². The molecule has 0 aliphatic carbocycles. The minimum atomic E-state index is -0.725. The van der Waals surface area contributed by atoms with E-state index in [1.165, 1.54) is 0 Å². The van der Waals surface area contributed by atoms with Crippen molar-refractivity contribution in [1.29, 1.82) is 0 Å². The molecule has 96 valence electrons. The summed E-state index contributed by atoms with van der Waals surface area (Å²) in [6.07, 6.45) is 0.663. The van der Waals surface area contributed by atoms with Crippen molar-refractivity contribution in [1.82, 2.24) is 5.32 Å². The molecule has 0 saturated carbocycles. The van der Waals surface area contributed by atoms with E-state index >= 15 is 0 Å². The molecule has 0 aliphatic heterocycles. The Kier molecular flexibility index (Phi) is 5.47. The first-order valence-corrected chi connectivity index (χ1v) is 6.04. The third-order valence-electron chi connectivity index (χ3n) is 3.65. The summed E-state index contributed by atoms with van der Waals surface area (Å²) in [7, 11) is 0. The summed E-state index contributed by atoms with van der Waals surface area (Å²) in [4.78, 5) is 10.9. The van der Waals surface area contributed by atoms with Gasteiger partial charge in [-0.15, -0.1) is 0 Å². The van der Waals surface area contributed by atoms with E-state index in [1.54, 1.807) is 13.8 Å². The Morgan fingerprint density at radius 2 is 1.75 bits per heavy atom. The monoisotopic (exact) mass is 229 g/mol. The molecule has 0 atom stereocenters. The van der Waals surface area contributed by atoms with Crippen molar-refractivity contribution in [2.45, 2.75) is 48.0 Å². The smallest absolute Gasteiger partial charge is 0.309 e. The van der Waals surface area contributed by atoms with Crippen molar-refractivity contribution in [3.8, 4) is 0 Å². The SMILES string of the molecule is CC(C)C(C)(C)CNCCC(C)(C)C(=O)O. The van der Waals surface area contributed by atoms with E-state index in [0.29, 0.717) is 12.3 Å². The maximum absolute atomic E-state index is 10.9. The molecule has 0 aromatic heterocycles. The highest BCUT2D eigenvalue weighted by Crippen LogP contribution is 2.25. The molecule has 0 fully saturated rings. The second kappa shape index (κ2) is 5.67. The molecule has 0 aliphatic rings. The first-order valence-electron chi connectivity index (χ1n) is 6.04. The van der Waals surface area contributed by atoms with Crippen molar-refractivity contribution in [2.75, 3.05) is 13.1 Å². The number of hydrogen-bond acceptors (Lipinski definition) is 2. The van der Waals surface area contributed by atoms with Crippen LogP contribution in [0.15, 0.2) is 0 Å². The number of carboxylic acids is 1. The second-order valence-electron chi connectivity index (χ2n) is 6.26. The van der Waals surface area contributed by atoms with E-state index in [4.69, 9.17) is 5.11 Å². The van der Waals surface area contributed by atoms with E-state index in [9.17, 15) is 4.79 Å². The molecule has 0 amide bonds. The highest BCUT2D eigenvalue weighted by molar-refractivity contribution is 5.73. The molecule has 0 heterocycles. The highest BCUT2D eigenvalue weighted by atomic mass is 16.4. The van der Waals surface area contributed by atoms with Gasteiger partial charge in [0, 0.05) is 6.54 Å². The van der Waals surface area contributed by atoms with Gasteiger partial charge in [0.25, 0.3) is 0 Å². The van der Waals surface area contributed by atoms with Gasteiger partial charge in [-0.25, -0.2) is 0 Å². The quantitative estimate of drug-likeness (QED) is 0.660. The Labute approximate surface area is 99.6 Å². The van der Waals surface area contributed by atoms with Crippen LogP contribution in [0.25, 0.3) is 0 Å². The Morgan fingerprint density at radius 1 is 1.25 bits per heavy atom. The zero-order valence-electron chi connectivity index (χ0n) is 11.6. The van der Waals surface area contributed by atoms with Crippen LogP contribution in [0, 0.1) is 16.7 Å². The molecule has 0 spiro atoms. The molecule has 2 N–H and O–H groups in total. The number of hydrogen-bond donors (Lipinski definition) is 2. The third kappa shape index (κ3) is 4.97. The van der Waals surface area contributed by atoms with Crippen LogP contribution >= 0.6 is 0 Å². The van der Waals surface area contributed by atoms with Gasteiger partial charge < -0.3 is 10.4 Å². The molecule has 0 unspecified atom stereocenters. The van der Waals surface area contributed by atoms with Gasteiger partial charge in [0.2, 0.25) is 0 Å². The Morgan fingerprint density at radius 3 is 2.12 bits per heavy atom. The molecular weight excluding hydrogens is 202 g/mol. The minimum Gasteiger partial charge on any atom is -0.481 e. The Balaban J connectivity index is 3.90. The summed E-state index contributed by atoms with van der Waals surface area (Å²) >= 11 is 0. The number of rotatable bonds is 7. The lowest BCUT2D eigenvalue weighted by Gasteiger charge is -2.30. The van der Waals surface area contributed by atoms with Crippen LogP contribution in [0.5, 0.6) is 0 Å². The van der Waals surface area contributed by atoms with Crippen LogP contribution in [-0.4, -0.2) is 24.2 Å². The lowest BCUT2D eigenvalue weighted by Crippen LogP contribution is -2.36. The predicted octanol–water partition coefficient (Wildman–Crippen LogP) is 2.76. The predicted molar refractivity (Wildman–Crippen MR) is 67.5 cm³/mol. The van der Waals surface area contributed by atoms with Crippen LogP contribution < -0.4 is 5.32 Å². The maximum atomic E-state index is 10.9. The second-order valence-corrected chi connectivity index (χ2v) is 6.26. The lowest BCUT2D eigenvalue weighted by molar-refractivity contribution is -0.147. The summed E-state index contributed by atoms with van der Waals surface area (Å²) in [6.45, 7) is 14.1. The molecule has 0 bridgehead atoms. The van der Waals surface area contributed by atoms with E-state index in [1.807, 2.05) is 0 Å². The van der Waals surface area contributed by atoms with Crippen molar-refractivity contribution >= 4 is 5.97 Å². The molecular formula is C13H27NO2. The first-order chi connectivity index (χ1) is 7.09. The first kappa shape index (κ1) is 15.4. The van der Waals surface area contributed by atoms with E-state index in [0.717, 1.165) is 13.1 Å². The minimum absolute atomic E-state index is 0.257. The Bertz CT molecular complexity index is 232. The van der Waals surface area contributed by atoms with Gasteiger partial charge >= 0.3 is 5.97 Å². The zero-order chi connectivity index (χ0) is 13.0. The van der Waals surface area contributed by atoms with Crippen LogP contribution in [0.4, 0.5) is 0 Å². The van der Waals surface area contributed by atoms with Crippen molar-refractivity contribution in [2.24, 2.45) is 16.7 Å².